The molecule has 1 saturated carbocycles. The summed E-state index contributed by atoms with van der Waals surface area (Å²) in [5, 5.41) is 2.01. The van der Waals surface area contributed by atoms with Gasteiger partial charge >= 0.3 is 0 Å². The molecule has 0 radical (unpaired) electrons. The van der Waals surface area contributed by atoms with Crippen molar-refractivity contribution in [1.82, 2.24) is 25.9 Å². The minimum Gasteiger partial charge on any atom is -0.346 e. The van der Waals surface area contributed by atoms with Crippen LogP contribution in [0, 0.1) is 17.3 Å². The first-order valence-electron chi connectivity index (χ1n) is 9.58. The Hall–Kier alpha value is -1.79. The Morgan fingerprint density at radius 3 is 2.76 bits per heavy atom. The summed E-state index contributed by atoms with van der Waals surface area (Å²) in [5.74, 6) is 2.45. The molecular weight excluding hydrogens is 312 g/mol. The van der Waals surface area contributed by atoms with Crippen molar-refractivity contribution in [1.29, 1.82) is 0 Å². The second kappa shape index (κ2) is 5.61. The van der Waals surface area contributed by atoms with Crippen LogP contribution < -0.4 is 11.0 Å². The highest BCUT2D eigenvalue weighted by atomic mass is 15.7. The molecule has 0 aromatic carbocycles. The number of rotatable bonds is 3. The van der Waals surface area contributed by atoms with Gasteiger partial charge in [0, 0.05) is 37.3 Å². The molecule has 4 heterocycles. The summed E-state index contributed by atoms with van der Waals surface area (Å²) in [6, 6.07) is 2.13. The molecule has 6 heteroatoms. The van der Waals surface area contributed by atoms with Gasteiger partial charge in [0.05, 0.1) is 11.4 Å². The van der Waals surface area contributed by atoms with E-state index in [-0.39, 0.29) is 0 Å². The Kier molecular flexibility index (Phi) is 3.47. The number of likely N-dealkylation sites (tertiary alicyclic amines) is 1. The first-order valence-corrected chi connectivity index (χ1v) is 9.58. The molecular formula is C19H28N6. The number of aliphatic imine (C=N–C) groups is 1. The molecule has 1 aliphatic carbocycles. The predicted molar refractivity (Wildman–Crippen MR) is 99.6 cm³/mol. The SMILES string of the molecule is CC1(C)CN(CC2CCC(C3=C4c5cc[nH]c5N=CN4NN3)CC2)C1. The number of allylic oxidation sites excluding steroid dienone is 1. The van der Waals surface area contributed by atoms with Gasteiger partial charge < -0.3 is 15.3 Å². The van der Waals surface area contributed by atoms with E-state index in [9.17, 15) is 0 Å². The van der Waals surface area contributed by atoms with Crippen LogP contribution in [0.5, 0.6) is 0 Å². The molecule has 4 aliphatic rings. The lowest BCUT2D eigenvalue weighted by Crippen LogP contribution is -2.54. The van der Waals surface area contributed by atoms with E-state index in [0.717, 1.165) is 11.7 Å². The van der Waals surface area contributed by atoms with Gasteiger partial charge in [-0.15, -0.1) is 5.53 Å². The Morgan fingerprint density at radius 1 is 1.20 bits per heavy atom. The first kappa shape index (κ1) is 15.5. The summed E-state index contributed by atoms with van der Waals surface area (Å²) in [6.45, 7) is 8.61. The fourth-order valence-electron chi connectivity index (χ4n) is 5.09. The third-order valence-corrected chi connectivity index (χ3v) is 6.16. The molecule has 0 unspecified atom stereocenters. The van der Waals surface area contributed by atoms with E-state index in [1.807, 2.05) is 17.5 Å². The number of hydrogen-bond acceptors (Lipinski definition) is 5. The van der Waals surface area contributed by atoms with Gasteiger partial charge in [-0.25, -0.2) is 10.0 Å². The van der Waals surface area contributed by atoms with E-state index < -0.39 is 0 Å². The van der Waals surface area contributed by atoms with Crippen molar-refractivity contribution in [3.8, 4) is 0 Å². The second-order valence-electron chi connectivity index (χ2n) is 8.91. The van der Waals surface area contributed by atoms with E-state index in [0.29, 0.717) is 11.3 Å². The molecule has 0 spiro atoms. The lowest BCUT2D eigenvalue weighted by Gasteiger charge is -2.48. The normalized spacial score (nSPS) is 30.7. The maximum Gasteiger partial charge on any atom is 0.141 e. The number of H-pyrrole nitrogens is 1. The quantitative estimate of drug-likeness (QED) is 0.792. The van der Waals surface area contributed by atoms with Gasteiger partial charge in [-0.1, -0.05) is 13.8 Å². The molecule has 134 valence electrons. The van der Waals surface area contributed by atoms with Crippen LogP contribution in [0.2, 0.25) is 0 Å². The highest BCUT2D eigenvalue weighted by Crippen LogP contribution is 2.41. The molecule has 25 heavy (non-hydrogen) atoms. The topological polar surface area (TPSA) is 58.7 Å². The summed E-state index contributed by atoms with van der Waals surface area (Å²) in [4.78, 5) is 10.3. The molecule has 5 rings (SSSR count). The van der Waals surface area contributed by atoms with Gasteiger partial charge in [0.2, 0.25) is 0 Å². The molecule has 0 atom stereocenters. The van der Waals surface area contributed by atoms with Crippen molar-refractivity contribution in [3.05, 3.63) is 23.5 Å². The maximum atomic E-state index is 4.45. The fraction of sp³-hybridized carbons (Fsp3) is 0.632. The number of fused-ring (bicyclic) bond motifs is 3. The smallest absolute Gasteiger partial charge is 0.141 e. The molecule has 2 fully saturated rings. The minimum absolute atomic E-state index is 0.545. The van der Waals surface area contributed by atoms with Crippen LogP contribution in [0.25, 0.3) is 5.70 Å². The number of aromatic amines is 1. The lowest BCUT2D eigenvalue weighted by atomic mass is 9.77. The van der Waals surface area contributed by atoms with E-state index in [2.05, 4.69) is 45.8 Å². The number of hydrogen-bond donors (Lipinski definition) is 3. The third-order valence-electron chi connectivity index (χ3n) is 6.16. The Bertz CT molecular complexity index is 714. The predicted octanol–water partition coefficient (Wildman–Crippen LogP) is 2.83. The van der Waals surface area contributed by atoms with Crippen LogP contribution in [0.15, 0.2) is 23.0 Å². The molecule has 1 aromatic rings. The standard InChI is InChI=1S/C19H28N6/c1-19(2)10-24(11-19)9-13-3-5-14(6-4-13)16-17-15-7-8-20-18(15)21-12-25(17)23-22-16/h7-8,12-14,20,22-23H,3-6,9-11H2,1-2H3. The second-order valence-corrected chi connectivity index (χ2v) is 8.91. The number of nitrogens with zero attached hydrogens (tertiary/aromatic N) is 3. The molecule has 6 nitrogen and oxygen atoms in total. The average Bonchev–Trinajstić information content (AvgIpc) is 3.19. The largest absolute Gasteiger partial charge is 0.346 e. The van der Waals surface area contributed by atoms with Crippen molar-refractivity contribution >= 4 is 17.9 Å². The zero-order valence-corrected chi connectivity index (χ0v) is 15.2. The molecule has 3 N–H and O–H groups in total. The van der Waals surface area contributed by atoms with Gasteiger partial charge in [-0.2, -0.15) is 0 Å². The summed E-state index contributed by atoms with van der Waals surface area (Å²) in [5.41, 5.74) is 11.0. The van der Waals surface area contributed by atoms with Crippen LogP contribution in [-0.2, 0) is 0 Å². The van der Waals surface area contributed by atoms with E-state index in [1.54, 1.807) is 0 Å². The maximum absolute atomic E-state index is 4.45. The van der Waals surface area contributed by atoms with Crippen molar-refractivity contribution in [2.75, 3.05) is 19.6 Å². The van der Waals surface area contributed by atoms with Crippen LogP contribution in [0.1, 0.15) is 45.1 Å². The molecule has 0 amide bonds. The number of hydrazine groups is 2. The van der Waals surface area contributed by atoms with Crippen LogP contribution >= 0.6 is 0 Å². The van der Waals surface area contributed by atoms with E-state index in [4.69, 9.17) is 0 Å². The summed E-state index contributed by atoms with van der Waals surface area (Å²) in [6.07, 6.45) is 9.06. The van der Waals surface area contributed by atoms with Gasteiger partial charge in [-0.05, 0) is 43.1 Å². The third kappa shape index (κ3) is 2.68. The fourth-order valence-corrected chi connectivity index (χ4v) is 5.09. The van der Waals surface area contributed by atoms with E-state index >= 15 is 0 Å². The molecule has 3 aliphatic heterocycles. The Labute approximate surface area is 149 Å². The first-order chi connectivity index (χ1) is 12.1. The Balaban J connectivity index is 1.26. The monoisotopic (exact) mass is 340 g/mol. The van der Waals surface area contributed by atoms with Crippen LogP contribution in [-0.4, -0.2) is 40.9 Å². The van der Waals surface area contributed by atoms with E-state index in [1.165, 1.54) is 62.3 Å². The van der Waals surface area contributed by atoms with Crippen molar-refractivity contribution < 1.29 is 0 Å². The van der Waals surface area contributed by atoms with Gasteiger partial charge in [0.1, 0.15) is 12.2 Å². The summed E-state index contributed by atoms with van der Waals surface area (Å²) >= 11 is 0. The number of aromatic nitrogens is 1. The van der Waals surface area contributed by atoms with Crippen molar-refractivity contribution in [3.63, 3.8) is 0 Å². The highest BCUT2D eigenvalue weighted by Gasteiger charge is 2.37. The van der Waals surface area contributed by atoms with Crippen molar-refractivity contribution in [2.45, 2.75) is 39.5 Å². The zero-order valence-electron chi connectivity index (χ0n) is 15.2. The zero-order chi connectivity index (χ0) is 17.0. The molecule has 0 bridgehead atoms. The molecule has 1 aromatic heterocycles. The highest BCUT2D eigenvalue weighted by molar-refractivity contribution is 5.87. The average molecular weight is 340 g/mol. The van der Waals surface area contributed by atoms with Crippen LogP contribution in [0.4, 0.5) is 5.82 Å². The lowest BCUT2D eigenvalue weighted by molar-refractivity contribution is 0.0120. The van der Waals surface area contributed by atoms with Gasteiger partial charge in [0.15, 0.2) is 0 Å². The summed E-state index contributed by atoms with van der Waals surface area (Å²) < 4.78 is 0. The van der Waals surface area contributed by atoms with Crippen molar-refractivity contribution in [2.24, 2.45) is 22.2 Å². The van der Waals surface area contributed by atoms with Gasteiger partial charge in [0.25, 0.3) is 0 Å². The van der Waals surface area contributed by atoms with Gasteiger partial charge in [-0.3, -0.25) is 0 Å². The van der Waals surface area contributed by atoms with Crippen LogP contribution in [0.3, 0.4) is 0 Å². The summed E-state index contributed by atoms with van der Waals surface area (Å²) in [7, 11) is 0. The Morgan fingerprint density at radius 2 is 2.00 bits per heavy atom. The number of nitrogens with one attached hydrogen (secondary N) is 3. The molecule has 1 saturated heterocycles. The minimum atomic E-state index is 0.545.